The van der Waals surface area contributed by atoms with Gasteiger partial charge in [0.15, 0.2) is 0 Å². The van der Waals surface area contributed by atoms with E-state index >= 15 is 0 Å². The van der Waals surface area contributed by atoms with Gasteiger partial charge in [-0.05, 0) is 56.1 Å². The number of benzene rings is 2. The second-order valence-electron chi connectivity index (χ2n) is 5.14. The summed E-state index contributed by atoms with van der Waals surface area (Å²) in [6, 6.07) is 11.5. The van der Waals surface area contributed by atoms with Crippen molar-refractivity contribution >= 4 is 15.9 Å². The zero-order valence-electron chi connectivity index (χ0n) is 12.0. The topological polar surface area (TPSA) is 12.0 Å². The Bertz CT molecular complexity index is 610. The maximum absolute atomic E-state index is 13.2. The van der Waals surface area contributed by atoms with Crippen molar-refractivity contribution in [1.82, 2.24) is 5.32 Å². The van der Waals surface area contributed by atoms with Gasteiger partial charge in [0.1, 0.15) is 5.82 Å². The van der Waals surface area contributed by atoms with Gasteiger partial charge >= 0.3 is 0 Å². The molecule has 106 valence electrons. The standard InChI is InChI=1S/C17H19BrFN/c1-11-4-5-12(2)13(8-11)9-17(20-3)15-7-6-14(19)10-16(15)18/h4-8,10,17,20H,9H2,1-3H3. The van der Waals surface area contributed by atoms with E-state index in [1.807, 2.05) is 13.1 Å². The van der Waals surface area contributed by atoms with Crippen LogP contribution in [0.1, 0.15) is 28.3 Å². The van der Waals surface area contributed by atoms with E-state index in [1.165, 1.54) is 28.8 Å². The minimum atomic E-state index is -0.220. The lowest BCUT2D eigenvalue weighted by molar-refractivity contribution is 0.581. The molecule has 0 amide bonds. The molecule has 2 aromatic carbocycles. The van der Waals surface area contributed by atoms with E-state index in [1.54, 1.807) is 0 Å². The second kappa shape index (κ2) is 6.51. The lowest BCUT2D eigenvalue weighted by Crippen LogP contribution is -2.20. The smallest absolute Gasteiger partial charge is 0.124 e. The fraction of sp³-hybridized carbons (Fsp3) is 0.294. The van der Waals surface area contributed by atoms with Crippen LogP contribution in [0.2, 0.25) is 0 Å². The Labute approximate surface area is 128 Å². The van der Waals surface area contributed by atoms with Crippen molar-refractivity contribution in [3.05, 3.63) is 68.9 Å². The van der Waals surface area contributed by atoms with Crippen molar-refractivity contribution in [3.63, 3.8) is 0 Å². The molecule has 0 radical (unpaired) electrons. The highest BCUT2D eigenvalue weighted by Gasteiger charge is 2.15. The number of hydrogen-bond acceptors (Lipinski definition) is 1. The molecule has 0 bridgehead atoms. The summed E-state index contributed by atoms with van der Waals surface area (Å²) in [7, 11) is 1.94. The van der Waals surface area contributed by atoms with E-state index in [4.69, 9.17) is 0 Å². The van der Waals surface area contributed by atoms with Gasteiger partial charge in [0.2, 0.25) is 0 Å². The van der Waals surface area contributed by atoms with Crippen LogP contribution in [0, 0.1) is 19.7 Å². The van der Waals surface area contributed by atoms with Crippen LogP contribution in [0.3, 0.4) is 0 Å². The Morgan fingerprint density at radius 1 is 1.15 bits per heavy atom. The highest BCUT2D eigenvalue weighted by atomic mass is 79.9. The lowest BCUT2D eigenvalue weighted by atomic mass is 9.95. The average Bonchev–Trinajstić information content (AvgIpc) is 2.40. The van der Waals surface area contributed by atoms with E-state index < -0.39 is 0 Å². The van der Waals surface area contributed by atoms with Gasteiger partial charge < -0.3 is 5.32 Å². The molecule has 2 rings (SSSR count). The average molecular weight is 336 g/mol. The van der Waals surface area contributed by atoms with Gasteiger partial charge in [-0.3, -0.25) is 0 Å². The molecular formula is C17H19BrFN. The molecule has 3 heteroatoms. The molecular weight excluding hydrogens is 317 g/mol. The maximum atomic E-state index is 13.2. The lowest BCUT2D eigenvalue weighted by Gasteiger charge is -2.20. The molecule has 0 aliphatic rings. The van der Waals surface area contributed by atoms with Crippen molar-refractivity contribution < 1.29 is 4.39 Å². The Hall–Kier alpha value is -1.19. The predicted molar refractivity (Wildman–Crippen MR) is 85.5 cm³/mol. The third kappa shape index (κ3) is 3.47. The first-order chi connectivity index (χ1) is 9.51. The van der Waals surface area contributed by atoms with Gasteiger partial charge in [-0.15, -0.1) is 0 Å². The molecule has 1 unspecified atom stereocenters. The Morgan fingerprint density at radius 3 is 2.55 bits per heavy atom. The molecule has 2 aromatic rings. The fourth-order valence-corrected chi connectivity index (χ4v) is 3.02. The van der Waals surface area contributed by atoms with Crippen LogP contribution in [-0.2, 0) is 6.42 Å². The fourth-order valence-electron chi connectivity index (χ4n) is 2.39. The zero-order chi connectivity index (χ0) is 14.7. The maximum Gasteiger partial charge on any atom is 0.124 e. The van der Waals surface area contributed by atoms with Crippen molar-refractivity contribution in [2.75, 3.05) is 7.05 Å². The van der Waals surface area contributed by atoms with Crippen molar-refractivity contribution in [2.24, 2.45) is 0 Å². The molecule has 0 heterocycles. The number of halogens is 2. The number of rotatable bonds is 4. The van der Waals surface area contributed by atoms with Crippen LogP contribution in [0.25, 0.3) is 0 Å². The normalized spacial score (nSPS) is 12.4. The summed E-state index contributed by atoms with van der Waals surface area (Å²) in [5.41, 5.74) is 4.95. The summed E-state index contributed by atoms with van der Waals surface area (Å²) in [4.78, 5) is 0. The minimum Gasteiger partial charge on any atom is -0.313 e. The summed E-state index contributed by atoms with van der Waals surface area (Å²) in [6.45, 7) is 4.23. The van der Waals surface area contributed by atoms with Crippen LogP contribution in [0.4, 0.5) is 4.39 Å². The number of hydrogen-bond donors (Lipinski definition) is 1. The van der Waals surface area contributed by atoms with Gasteiger partial charge in [0, 0.05) is 10.5 Å². The van der Waals surface area contributed by atoms with Crippen molar-refractivity contribution in [3.8, 4) is 0 Å². The molecule has 0 aliphatic heterocycles. The summed E-state index contributed by atoms with van der Waals surface area (Å²) in [5.74, 6) is -0.220. The number of likely N-dealkylation sites (N-methyl/N-ethyl adjacent to an activating group) is 1. The second-order valence-corrected chi connectivity index (χ2v) is 6.00. The summed E-state index contributed by atoms with van der Waals surface area (Å²) in [5, 5.41) is 3.32. The summed E-state index contributed by atoms with van der Waals surface area (Å²) >= 11 is 3.45. The predicted octanol–water partition coefficient (Wildman–Crippen LogP) is 4.71. The van der Waals surface area contributed by atoms with E-state index in [2.05, 4.69) is 53.3 Å². The van der Waals surface area contributed by atoms with Gasteiger partial charge in [0.25, 0.3) is 0 Å². The SMILES string of the molecule is CNC(Cc1cc(C)ccc1C)c1ccc(F)cc1Br. The van der Waals surface area contributed by atoms with Crippen LogP contribution in [0.5, 0.6) is 0 Å². The monoisotopic (exact) mass is 335 g/mol. The van der Waals surface area contributed by atoms with Crippen molar-refractivity contribution in [1.29, 1.82) is 0 Å². The summed E-state index contributed by atoms with van der Waals surface area (Å²) in [6.07, 6.45) is 0.883. The molecule has 1 N–H and O–H groups in total. The minimum absolute atomic E-state index is 0.158. The first-order valence-electron chi connectivity index (χ1n) is 6.69. The first-order valence-corrected chi connectivity index (χ1v) is 7.49. The van der Waals surface area contributed by atoms with E-state index in [0.29, 0.717) is 0 Å². The molecule has 0 saturated heterocycles. The third-order valence-electron chi connectivity index (χ3n) is 3.62. The van der Waals surface area contributed by atoms with Crippen LogP contribution < -0.4 is 5.32 Å². The largest absolute Gasteiger partial charge is 0.313 e. The van der Waals surface area contributed by atoms with Crippen molar-refractivity contribution in [2.45, 2.75) is 26.3 Å². The highest BCUT2D eigenvalue weighted by molar-refractivity contribution is 9.10. The van der Waals surface area contributed by atoms with Crippen LogP contribution in [-0.4, -0.2) is 7.05 Å². The Balaban J connectivity index is 2.31. The first kappa shape index (κ1) is 15.2. The highest BCUT2D eigenvalue weighted by Crippen LogP contribution is 2.27. The quantitative estimate of drug-likeness (QED) is 0.853. The third-order valence-corrected chi connectivity index (χ3v) is 4.30. The Kier molecular flexibility index (Phi) is 4.95. The number of nitrogens with one attached hydrogen (secondary N) is 1. The van der Waals surface area contributed by atoms with Gasteiger partial charge in [-0.2, -0.15) is 0 Å². The molecule has 0 aromatic heterocycles. The molecule has 0 fully saturated rings. The van der Waals surface area contributed by atoms with Gasteiger partial charge in [-0.25, -0.2) is 4.39 Å². The van der Waals surface area contributed by atoms with Crippen LogP contribution in [0.15, 0.2) is 40.9 Å². The Morgan fingerprint density at radius 2 is 1.90 bits per heavy atom. The van der Waals surface area contributed by atoms with E-state index in [0.717, 1.165) is 16.5 Å². The van der Waals surface area contributed by atoms with E-state index in [9.17, 15) is 4.39 Å². The summed E-state index contributed by atoms with van der Waals surface area (Å²) < 4.78 is 14.0. The molecule has 0 aliphatic carbocycles. The molecule has 0 saturated carbocycles. The zero-order valence-corrected chi connectivity index (χ0v) is 13.6. The molecule has 0 spiro atoms. The van der Waals surface area contributed by atoms with Gasteiger partial charge in [-0.1, -0.05) is 45.8 Å². The molecule has 20 heavy (non-hydrogen) atoms. The van der Waals surface area contributed by atoms with E-state index in [-0.39, 0.29) is 11.9 Å². The molecule has 1 atom stereocenters. The van der Waals surface area contributed by atoms with Gasteiger partial charge in [0.05, 0.1) is 0 Å². The number of aryl methyl sites for hydroxylation is 2. The molecule has 1 nitrogen and oxygen atoms in total. The van der Waals surface area contributed by atoms with Crippen LogP contribution >= 0.6 is 15.9 Å².